The number of aliphatic hydroxyl groups excluding tert-OH is 1. The smallest absolute Gasteiger partial charge is 0.320 e. The zero-order valence-electron chi connectivity index (χ0n) is 27.6. The van der Waals surface area contributed by atoms with Crippen molar-refractivity contribution in [3.05, 3.63) is 77.1 Å². The van der Waals surface area contributed by atoms with Crippen LogP contribution < -0.4 is 15.4 Å². The van der Waals surface area contributed by atoms with Crippen LogP contribution in [0.1, 0.15) is 88.1 Å². The molecule has 244 valence electrons. The molecule has 6 rings (SSSR count). The molecule has 4 aromatic rings. The van der Waals surface area contributed by atoms with E-state index < -0.39 is 0 Å². The first-order valence-corrected chi connectivity index (χ1v) is 16.0. The third kappa shape index (κ3) is 6.55. The SMILES string of the molecule is CN1CCN(C(C)(C)c2nnc3ccc(O[C@@H]4CC[C@H](NC(=O)Nc5cc(C(C)(C)C)nc(CO)n5)c5ccccc54)cn23)CC1. The van der Waals surface area contributed by atoms with Gasteiger partial charge in [-0.3, -0.25) is 14.6 Å². The van der Waals surface area contributed by atoms with E-state index in [0.29, 0.717) is 12.2 Å². The number of aliphatic hydroxyl groups is 1. The van der Waals surface area contributed by atoms with Gasteiger partial charge >= 0.3 is 6.03 Å². The van der Waals surface area contributed by atoms with Crippen LogP contribution in [0.2, 0.25) is 0 Å². The van der Waals surface area contributed by atoms with Crippen LogP contribution in [0.25, 0.3) is 5.65 Å². The van der Waals surface area contributed by atoms with Crippen LogP contribution >= 0.6 is 0 Å². The maximum atomic E-state index is 13.2. The number of rotatable bonds is 7. The second kappa shape index (κ2) is 12.6. The normalized spacial score (nSPS) is 19.5. The molecule has 3 aromatic heterocycles. The molecule has 0 saturated carbocycles. The van der Waals surface area contributed by atoms with Crippen molar-refractivity contribution in [2.45, 2.75) is 77.2 Å². The average Bonchev–Trinajstić information content (AvgIpc) is 3.46. The second-order valence-corrected chi connectivity index (χ2v) is 13.9. The highest BCUT2D eigenvalue weighted by molar-refractivity contribution is 5.88. The van der Waals surface area contributed by atoms with Crippen LogP contribution in [-0.2, 0) is 17.6 Å². The number of likely N-dealkylation sites (N-methyl/N-ethyl adjacent to an activating group) is 1. The Morgan fingerprint density at radius 3 is 2.43 bits per heavy atom. The fourth-order valence-corrected chi connectivity index (χ4v) is 6.38. The molecule has 1 aromatic carbocycles. The van der Waals surface area contributed by atoms with Crippen molar-refractivity contribution in [1.29, 1.82) is 0 Å². The number of aromatic nitrogens is 5. The van der Waals surface area contributed by atoms with Gasteiger partial charge in [-0.1, -0.05) is 45.0 Å². The van der Waals surface area contributed by atoms with Gasteiger partial charge in [-0.2, -0.15) is 0 Å². The zero-order valence-corrected chi connectivity index (χ0v) is 27.6. The first-order chi connectivity index (χ1) is 21.9. The van der Waals surface area contributed by atoms with E-state index in [9.17, 15) is 9.90 Å². The summed E-state index contributed by atoms with van der Waals surface area (Å²) in [7, 11) is 2.16. The van der Waals surface area contributed by atoms with Crippen LogP contribution in [0.15, 0.2) is 48.7 Å². The number of hydrogen-bond donors (Lipinski definition) is 3. The summed E-state index contributed by atoms with van der Waals surface area (Å²) in [5.41, 5.74) is 3.03. The Morgan fingerprint density at radius 1 is 0.978 bits per heavy atom. The molecule has 1 aliphatic heterocycles. The second-order valence-electron chi connectivity index (χ2n) is 13.9. The zero-order chi connectivity index (χ0) is 32.6. The maximum Gasteiger partial charge on any atom is 0.320 e. The molecule has 0 unspecified atom stereocenters. The van der Waals surface area contributed by atoms with E-state index in [-0.39, 0.29) is 41.6 Å². The number of nitrogens with zero attached hydrogens (tertiary/aromatic N) is 7. The van der Waals surface area contributed by atoms with E-state index in [1.165, 1.54) is 0 Å². The molecule has 0 radical (unpaired) electrons. The molecule has 2 aliphatic rings. The van der Waals surface area contributed by atoms with Gasteiger partial charge in [0.05, 0.1) is 23.5 Å². The van der Waals surface area contributed by atoms with E-state index in [1.54, 1.807) is 6.07 Å². The predicted octanol–water partition coefficient (Wildman–Crippen LogP) is 4.57. The van der Waals surface area contributed by atoms with Crippen molar-refractivity contribution >= 4 is 17.5 Å². The fourth-order valence-electron chi connectivity index (χ4n) is 6.38. The van der Waals surface area contributed by atoms with Gasteiger partial charge in [-0.25, -0.2) is 14.8 Å². The van der Waals surface area contributed by atoms with E-state index in [1.807, 2.05) is 57.3 Å². The molecule has 0 bridgehead atoms. The molecule has 1 saturated heterocycles. The van der Waals surface area contributed by atoms with Crippen molar-refractivity contribution in [3.8, 4) is 5.75 Å². The molecular weight excluding hydrogens is 582 g/mol. The quantitative estimate of drug-likeness (QED) is 0.270. The first kappa shape index (κ1) is 31.8. The molecule has 12 heteroatoms. The Kier molecular flexibility index (Phi) is 8.70. The monoisotopic (exact) mass is 627 g/mol. The van der Waals surface area contributed by atoms with Crippen LogP contribution in [-0.4, -0.2) is 78.7 Å². The van der Waals surface area contributed by atoms with Gasteiger partial charge in [-0.05, 0) is 57.0 Å². The van der Waals surface area contributed by atoms with E-state index in [4.69, 9.17) is 4.74 Å². The number of anilines is 1. The Hall–Kier alpha value is -4.13. The number of carbonyl (C=O) groups is 1. The lowest BCUT2D eigenvalue weighted by atomic mass is 9.85. The summed E-state index contributed by atoms with van der Waals surface area (Å²) in [4.78, 5) is 26.7. The van der Waals surface area contributed by atoms with Crippen LogP contribution in [0.5, 0.6) is 5.75 Å². The summed E-state index contributed by atoms with van der Waals surface area (Å²) in [6.45, 7) is 14.2. The molecule has 12 nitrogen and oxygen atoms in total. The molecular formula is C34H45N9O3. The van der Waals surface area contributed by atoms with Gasteiger partial charge in [0, 0.05) is 37.7 Å². The lowest BCUT2D eigenvalue weighted by molar-refractivity contribution is 0.0544. The summed E-state index contributed by atoms with van der Waals surface area (Å²) in [5.74, 6) is 2.25. The van der Waals surface area contributed by atoms with E-state index >= 15 is 0 Å². The minimum Gasteiger partial charge on any atom is -0.484 e. The molecule has 2 amide bonds. The molecule has 4 heterocycles. The number of benzene rings is 1. The summed E-state index contributed by atoms with van der Waals surface area (Å²) in [5, 5.41) is 24.7. The van der Waals surface area contributed by atoms with Gasteiger partial charge in [0.2, 0.25) is 0 Å². The minimum atomic E-state index is -0.366. The van der Waals surface area contributed by atoms with Crippen LogP contribution in [0.3, 0.4) is 0 Å². The van der Waals surface area contributed by atoms with Crippen molar-refractivity contribution in [1.82, 2.24) is 39.7 Å². The van der Waals surface area contributed by atoms with Gasteiger partial charge in [0.25, 0.3) is 0 Å². The van der Waals surface area contributed by atoms with E-state index in [0.717, 1.165) is 66.6 Å². The highest BCUT2D eigenvalue weighted by atomic mass is 16.5. The molecule has 0 spiro atoms. The number of piperazine rings is 1. The molecule has 1 aliphatic carbocycles. The molecule has 3 N–H and O–H groups in total. The summed E-state index contributed by atoms with van der Waals surface area (Å²) in [6.07, 6.45) is 3.24. The topological polar surface area (TPSA) is 133 Å². The van der Waals surface area contributed by atoms with Gasteiger partial charge in [0.15, 0.2) is 17.3 Å². The number of ether oxygens (including phenoxy) is 1. The number of pyridine rings is 1. The van der Waals surface area contributed by atoms with Crippen molar-refractivity contribution in [2.24, 2.45) is 0 Å². The summed E-state index contributed by atoms with van der Waals surface area (Å²) in [6, 6.07) is 13.2. The summed E-state index contributed by atoms with van der Waals surface area (Å²) >= 11 is 0. The number of amides is 2. The van der Waals surface area contributed by atoms with Crippen molar-refractivity contribution in [2.75, 3.05) is 38.5 Å². The third-order valence-corrected chi connectivity index (χ3v) is 9.16. The predicted molar refractivity (Wildman–Crippen MR) is 176 cm³/mol. The maximum absolute atomic E-state index is 13.2. The Labute approximate surface area is 270 Å². The van der Waals surface area contributed by atoms with Crippen LogP contribution in [0, 0.1) is 0 Å². The van der Waals surface area contributed by atoms with Crippen molar-refractivity contribution < 1.29 is 14.6 Å². The lowest BCUT2D eigenvalue weighted by Crippen LogP contribution is -2.52. The molecule has 2 atom stereocenters. The van der Waals surface area contributed by atoms with Crippen LogP contribution in [0.4, 0.5) is 10.6 Å². The highest BCUT2D eigenvalue weighted by Gasteiger charge is 2.35. The van der Waals surface area contributed by atoms with Gasteiger partial charge in [-0.15, -0.1) is 10.2 Å². The van der Waals surface area contributed by atoms with Gasteiger partial charge in [0.1, 0.15) is 24.3 Å². The number of fused-ring (bicyclic) bond motifs is 2. The number of hydrogen-bond acceptors (Lipinski definition) is 9. The Morgan fingerprint density at radius 2 is 1.72 bits per heavy atom. The number of carbonyl (C=O) groups excluding carboxylic acids is 1. The number of urea groups is 1. The molecule has 46 heavy (non-hydrogen) atoms. The molecule has 1 fully saturated rings. The van der Waals surface area contributed by atoms with E-state index in [2.05, 4.69) is 72.0 Å². The van der Waals surface area contributed by atoms with Crippen molar-refractivity contribution in [3.63, 3.8) is 0 Å². The largest absolute Gasteiger partial charge is 0.484 e. The lowest BCUT2D eigenvalue weighted by Gasteiger charge is -2.42. The number of nitrogens with one attached hydrogen (secondary N) is 2. The standard InChI is InChI=1S/C34H45N9O3/c1-33(2,3)27-19-28(37-29(21-44)36-27)38-32(45)35-25-12-13-26(24-10-8-7-9-23(24)25)46-22-11-14-30-39-40-31(43(30)20-22)34(4,5)42-17-15-41(6)16-18-42/h7-11,14,19-20,25-26,44H,12-13,15-18,21H2,1-6H3,(H2,35,36,37,38,45)/t25-,26+/m0/s1. The first-order valence-electron chi connectivity index (χ1n) is 16.0. The minimum absolute atomic E-state index is 0.177. The van der Waals surface area contributed by atoms with Gasteiger partial charge < -0.3 is 20.1 Å². The highest BCUT2D eigenvalue weighted by Crippen LogP contribution is 2.39. The average molecular weight is 628 g/mol. The Balaban J connectivity index is 1.18. The third-order valence-electron chi connectivity index (χ3n) is 9.16. The fraction of sp³-hybridized carbons (Fsp3) is 0.500. The summed E-state index contributed by atoms with van der Waals surface area (Å²) < 4.78 is 8.69. The Bertz CT molecular complexity index is 1710.